The molecule has 0 saturated carbocycles. The van der Waals surface area contributed by atoms with Crippen LogP contribution in [0.1, 0.15) is 33.3 Å². The van der Waals surface area contributed by atoms with E-state index >= 15 is 0 Å². The van der Waals surface area contributed by atoms with Gasteiger partial charge >= 0.3 is 0 Å². The van der Waals surface area contributed by atoms with E-state index in [1.807, 2.05) is 13.0 Å². The van der Waals surface area contributed by atoms with Gasteiger partial charge < -0.3 is 16.4 Å². The van der Waals surface area contributed by atoms with Crippen molar-refractivity contribution in [2.75, 3.05) is 17.6 Å². The molecule has 0 aliphatic carbocycles. The lowest BCUT2D eigenvalue weighted by Gasteiger charge is -2.01. The quantitative estimate of drug-likeness (QED) is 0.766. The second-order valence-corrected chi connectivity index (χ2v) is 6.42. The summed E-state index contributed by atoms with van der Waals surface area (Å²) >= 11 is 3.00. The number of hydrogen-bond donors (Lipinski definition) is 3. The van der Waals surface area contributed by atoms with Crippen molar-refractivity contribution in [2.24, 2.45) is 0 Å². The zero-order valence-corrected chi connectivity index (χ0v) is 13.2. The maximum absolute atomic E-state index is 12.1. The SMILES string of the molecule is CCNc1nc(N)c(C(=O)NCc2ccc(CC)s2)s1. The van der Waals surface area contributed by atoms with Gasteiger partial charge in [-0.2, -0.15) is 0 Å². The van der Waals surface area contributed by atoms with E-state index < -0.39 is 0 Å². The number of aryl methyl sites for hydroxylation is 1. The van der Waals surface area contributed by atoms with Crippen LogP contribution < -0.4 is 16.4 Å². The summed E-state index contributed by atoms with van der Waals surface area (Å²) in [5.41, 5.74) is 5.77. The Labute approximate surface area is 126 Å². The summed E-state index contributed by atoms with van der Waals surface area (Å²) in [5, 5.41) is 6.62. The molecule has 0 aliphatic rings. The first-order valence-electron chi connectivity index (χ1n) is 6.50. The number of hydrogen-bond acceptors (Lipinski definition) is 6. The Bertz CT molecular complexity index is 591. The van der Waals surface area contributed by atoms with E-state index in [-0.39, 0.29) is 11.7 Å². The van der Waals surface area contributed by atoms with Crippen LogP contribution in [0.25, 0.3) is 0 Å². The Morgan fingerprint density at radius 2 is 2.05 bits per heavy atom. The molecule has 0 spiro atoms. The van der Waals surface area contributed by atoms with Gasteiger partial charge in [0.05, 0.1) is 6.54 Å². The molecule has 2 heterocycles. The normalized spacial score (nSPS) is 10.5. The number of nitrogen functional groups attached to an aromatic ring is 1. The Hall–Kier alpha value is -1.60. The summed E-state index contributed by atoms with van der Waals surface area (Å²) in [7, 11) is 0. The third-order valence-electron chi connectivity index (χ3n) is 2.68. The van der Waals surface area contributed by atoms with Gasteiger partial charge in [-0.1, -0.05) is 18.3 Å². The standard InChI is InChI=1S/C13H18N4OS2/c1-3-8-5-6-9(19-8)7-16-12(18)10-11(14)17-13(20-10)15-4-2/h5-6H,3-4,7,14H2,1-2H3,(H,15,17)(H,16,18). The lowest BCUT2D eigenvalue weighted by molar-refractivity contribution is 0.0956. The number of thiophene rings is 1. The highest BCUT2D eigenvalue weighted by Crippen LogP contribution is 2.25. The number of anilines is 2. The number of nitrogens with two attached hydrogens (primary N) is 1. The first-order valence-corrected chi connectivity index (χ1v) is 8.13. The van der Waals surface area contributed by atoms with Crippen LogP contribution in [-0.4, -0.2) is 17.4 Å². The van der Waals surface area contributed by atoms with Gasteiger partial charge in [-0.3, -0.25) is 4.79 Å². The van der Waals surface area contributed by atoms with E-state index in [1.165, 1.54) is 16.2 Å². The molecule has 2 aromatic rings. The largest absolute Gasteiger partial charge is 0.382 e. The molecule has 0 unspecified atom stereocenters. The van der Waals surface area contributed by atoms with Gasteiger partial charge in [0.1, 0.15) is 10.7 Å². The van der Waals surface area contributed by atoms with E-state index in [2.05, 4.69) is 28.6 Å². The minimum Gasteiger partial charge on any atom is -0.382 e. The maximum atomic E-state index is 12.1. The Kier molecular flexibility index (Phi) is 4.97. The zero-order valence-electron chi connectivity index (χ0n) is 11.5. The molecule has 0 atom stereocenters. The summed E-state index contributed by atoms with van der Waals surface area (Å²) in [6, 6.07) is 4.14. The second kappa shape index (κ2) is 6.71. The molecule has 0 bridgehead atoms. The smallest absolute Gasteiger partial charge is 0.265 e. The molecule has 0 radical (unpaired) electrons. The number of rotatable bonds is 6. The molecule has 0 fully saturated rings. The van der Waals surface area contributed by atoms with Gasteiger partial charge in [-0.25, -0.2) is 4.98 Å². The van der Waals surface area contributed by atoms with Gasteiger partial charge in [0, 0.05) is 16.3 Å². The number of aromatic nitrogens is 1. The van der Waals surface area contributed by atoms with Crippen molar-refractivity contribution in [1.82, 2.24) is 10.3 Å². The highest BCUT2D eigenvalue weighted by atomic mass is 32.1. The van der Waals surface area contributed by atoms with E-state index in [0.29, 0.717) is 16.6 Å². The highest BCUT2D eigenvalue weighted by Gasteiger charge is 2.15. The fraction of sp³-hybridized carbons (Fsp3) is 0.385. The summed E-state index contributed by atoms with van der Waals surface area (Å²) in [6.07, 6.45) is 1.02. The van der Waals surface area contributed by atoms with Crippen LogP contribution in [0.4, 0.5) is 10.9 Å². The predicted octanol–water partition coefficient (Wildman–Crippen LogP) is 2.71. The molecule has 1 amide bonds. The summed E-state index contributed by atoms with van der Waals surface area (Å²) in [5.74, 6) is 0.111. The van der Waals surface area contributed by atoms with Crippen LogP contribution in [-0.2, 0) is 13.0 Å². The van der Waals surface area contributed by atoms with Gasteiger partial charge in [0.25, 0.3) is 5.91 Å². The summed E-state index contributed by atoms with van der Waals surface area (Å²) in [4.78, 5) is 19.1. The van der Waals surface area contributed by atoms with Crippen molar-refractivity contribution < 1.29 is 4.79 Å². The first-order chi connectivity index (χ1) is 9.63. The van der Waals surface area contributed by atoms with E-state index in [1.54, 1.807) is 11.3 Å². The molecular weight excluding hydrogens is 292 g/mol. The van der Waals surface area contributed by atoms with Crippen LogP contribution in [0.3, 0.4) is 0 Å². The molecule has 2 aromatic heterocycles. The van der Waals surface area contributed by atoms with E-state index in [4.69, 9.17) is 5.73 Å². The van der Waals surface area contributed by atoms with Crippen LogP contribution >= 0.6 is 22.7 Å². The fourth-order valence-corrected chi connectivity index (χ4v) is 3.44. The zero-order chi connectivity index (χ0) is 14.5. The van der Waals surface area contributed by atoms with Gasteiger partial charge in [0.2, 0.25) is 0 Å². The molecule has 0 aliphatic heterocycles. The molecule has 108 valence electrons. The number of nitrogens with zero attached hydrogens (tertiary/aromatic N) is 1. The van der Waals surface area contributed by atoms with Crippen molar-refractivity contribution in [3.05, 3.63) is 26.8 Å². The first kappa shape index (κ1) is 14.8. The van der Waals surface area contributed by atoms with Crippen LogP contribution in [0.2, 0.25) is 0 Å². The van der Waals surface area contributed by atoms with Crippen molar-refractivity contribution in [3.63, 3.8) is 0 Å². The minimum absolute atomic E-state index is 0.171. The number of carbonyl (C=O) groups excluding carboxylic acids is 1. The van der Waals surface area contributed by atoms with Crippen molar-refractivity contribution in [3.8, 4) is 0 Å². The average molecular weight is 310 g/mol. The van der Waals surface area contributed by atoms with Crippen LogP contribution in [0, 0.1) is 0 Å². The highest BCUT2D eigenvalue weighted by molar-refractivity contribution is 7.18. The Balaban J connectivity index is 1.97. The maximum Gasteiger partial charge on any atom is 0.265 e. The molecule has 4 N–H and O–H groups in total. The topological polar surface area (TPSA) is 80.0 Å². The van der Waals surface area contributed by atoms with E-state index in [0.717, 1.165) is 17.8 Å². The van der Waals surface area contributed by atoms with Crippen molar-refractivity contribution in [1.29, 1.82) is 0 Å². The number of thiazole rings is 1. The van der Waals surface area contributed by atoms with Crippen LogP contribution in [0.5, 0.6) is 0 Å². The monoisotopic (exact) mass is 310 g/mol. The lowest BCUT2D eigenvalue weighted by atomic mass is 10.3. The van der Waals surface area contributed by atoms with Gasteiger partial charge in [-0.05, 0) is 25.5 Å². The van der Waals surface area contributed by atoms with Crippen LogP contribution in [0.15, 0.2) is 12.1 Å². The van der Waals surface area contributed by atoms with Gasteiger partial charge in [0.15, 0.2) is 5.13 Å². The fourth-order valence-electron chi connectivity index (χ4n) is 1.68. The average Bonchev–Trinajstić information content (AvgIpc) is 3.03. The third kappa shape index (κ3) is 3.49. The van der Waals surface area contributed by atoms with Gasteiger partial charge in [-0.15, -0.1) is 11.3 Å². The lowest BCUT2D eigenvalue weighted by Crippen LogP contribution is -2.22. The number of carbonyl (C=O) groups is 1. The summed E-state index contributed by atoms with van der Waals surface area (Å²) < 4.78 is 0. The number of nitrogens with one attached hydrogen (secondary N) is 2. The molecule has 20 heavy (non-hydrogen) atoms. The molecule has 7 heteroatoms. The summed E-state index contributed by atoms with van der Waals surface area (Å²) in [6.45, 7) is 5.37. The molecule has 2 rings (SSSR count). The molecule has 0 aromatic carbocycles. The molecular formula is C13H18N4OS2. The predicted molar refractivity (Wildman–Crippen MR) is 85.6 cm³/mol. The molecule has 0 saturated heterocycles. The number of amides is 1. The second-order valence-electron chi connectivity index (χ2n) is 4.17. The Morgan fingerprint density at radius 3 is 2.70 bits per heavy atom. The Morgan fingerprint density at radius 1 is 1.30 bits per heavy atom. The van der Waals surface area contributed by atoms with E-state index in [9.17, 15) is 4.79 Å². The third-order valence-corrected chi connectivity index (χ3v) is 4.93. The van der Waals surface area contributed by atoms with Crippen molar-refractivity contribution in [2.45, 2.75) is 26.8 Å². The van der Waals surface area contributed by atoms with Crippen molar-refractivity contribution >= 4 is 39.5 Å². The minimum atomic E-state index is -0.171. The molecule has 5 nitrogen and oxygen atoms in total.